The maximum absolute atomic E-state index is 13.2. The Balaban J connectivity index is 1.79. The van der Waals surface area contributed by atoms with Gasteiger partial charge >= 0.3 is 0 Å². The number of nitrogens with one attached hydrogen (secondary N) is 1. The molecule has 0 aromatic heterocycles. The zero-order valence-electron chi connectivity index (χ0n) is 17.6. The highest BCUT2D eigenvalue weighted by molar-refractivity contribution is 6.51. The van der Waals surface area contributed by atoms with Crippen molar-refractivity contribution < 1.29 is 19.2 Å². The van der Waals surface area contributed by atoms with Crippen LogP contribution in [0.15, 0.2) is 0 Å². The van der Waals surface area contributed by atoms with E-state index in [1.54, 1.807) is 4.90 Å². The third-order valence-corrected chi connectivity index (χ3v) is 7.86. The van der Waals surface area contributed by atoms with Crippen molar-refractivity contribution >= 4 is 46.6 Å². The van der Waals surface area contributed by atoms with Gasteiger partial charge in [-0.2, -0.15) is 0 Å². The topological polar surface area (TPSA) is 83.6 Å². The number of alkyl halides is 2. The van der Waals surface area contributed by atoms with Crippen LogP contribution in [0.2, 0.25) is 0 Å². The summed E-state index contributed by atoms with van der Waals surface area (Å²) in [5.74, 6) is -2.22. The molecule has 1 heterocycles. The van der Waals surface area contributed by atoms with E-state index in [4.69, 9.17) is 23.2 Å². The van der Waals surface area contributed by atoms with Crippen molar-refractivity contribution in [2.45, 2.75) is 70.3 Å². The Labute approximate surface area is 182 Å². The Kier molecular flexibility index (Phi) is 5.85. The summed E-state index contributed by atoms with van der Waals surface area (Å²) in [7, 11) is 0. The number of Topliss-reactive ketones (excluding diaryl/α,β-unsaturated/α-hetero) is 2. The number of hydrogen-bond donors (Lipinski definition) is 1. The lowest BCUT2D eigenvalue weighted by molar-refractivity contribution is -0.146. The molecule has 0 spiro atoms. The normalized spacial score (nSPS) is 29.6. The number of carbonyl (C=O) groups is 4. The summed E-state index contributed by atoms with van der Waals surface area (Å²) >= 11 is 12.7. The molecule has 0 bridgehead atoms. The number of ketones is 2. The van der Waals surface area contributed by atoms with Crippen LogP contribution in [-0.2, 0) is 19.2 Å². The van der Waals surface area contributed by atoms with Crippen LogP contribution >= 0.6 is 23.2 Å². The monoisotopic (exact) mass is 444 g/mol. The van der Waals surface area contributed by atoms with Gasteiger partial charge in [-0.3, -0.25) is 19.2 Å². The second-order valence-electron chi connectivity index (χ2n) is 9.99. The minimum absolute atomic E-state index is 0.120. The van der Waals surface area contributed by atoms with E-state index in [2.05, 4.69) is 5.32 Å². The molecule has 8 heteroatoms. The van der Waals surface area contributed by atoms with E-state index in [0.717, 1.165) is 12.8 Å². The molecule has 0 aromatic carbocycles. The predicted molar refractivity (Wildman–Crippen MR) is 110 cm³/mol. The van der Waals surface area contributed by atoms with Crippen LogP contribution in [0.1, 0.15) is 53.9 Å². The third kappa shape index (κ3) is 4.34. The molecule has 2 amide bonds. The van der Waals surface area contributed by atoms with Gasteiger partial charge in [-0.05, 0) is 17.8 Å². The summed E-state index contributed by atoms with van der Waals surface area (Å²) in [4.78, 5) is 51.9. The van der Waals surface area contributed by atoms with E-state index in [0.29, 0.717) is 18.9 Å². The van der Waals surface area contributed by atoms with E-state index in [1.807, 2.05) is 27.7 Å². The first-order valence-corrected chi connectivity index (χ1v) is 11.1. The van der Waals surface area contributed by atoms with Crippen molar-refractivity contribution in [3.05, 3.63) is 0 Å². The standard InChI is InChI=1S/C21H30Cl2N2O4/c1-10(20(3,4)5)19(29)25-9-13-15(21(13,22)23)16(25)18(28)24-14(8-12-6-7-12)17(27)11(2)26/h10,12-16H,6-9H2,1-5H3,(H,24,28)/t10-,13+,14+,15+,16+/m1/s1. The molecule has 6 nitrogen and oxygen atoms in total. The molecular formula is C21H30Cl2N2O4. The minimum atomic E-state index is -1.04. The smallest absolute Gasteiger partial charge is 0.243 e. The Bertz CT molecular complexity index is 741. The molecule has 1 aliphatic heterocycles. The van der Waals surface area contributed by atoms with E-state index >= 15 is 0 Å². The Morgan fingerprint density at radius 2 is 1.76 bits per heavy atom. The fourth-order valence-electron chi connectivity index (χ4n) is 4.17. The second kappa shape index (κ2) is 7.52. The quantitative estimate of drug-likeness (QED) is 0.483. The van der Waals surface area contributed by atoms with Gasteiger partial charge in [-0.15, -0.1) is 23.2 Å². The molecule has 0 unspecified atom stereocenters. The number of carbonyl (C=O) groups excluding carboxylic acids is 4. The molecule has 1 saturated heterocycles. The largest absolute Gasteiger partial charge is 0.344 e. The highest BCUT2D eigenvalue weighted by Crippen LogP contribution is 2.65. The summed E-state index contributed by atoms with van der Waals surface area (Å²) in [6, 6.07) is -1.68. The predicted octanol–water partition coefficient (Wildman–Crippen LogP) is 2.74. The van der Waals surface area contributed by atoms with E-state index in [9.17, 15) is 19.2 Å². The number of likely N-dealkylation sites (tertiary alicyclic amines) is 1. The second-order valence-corrected chi connectivity index (χ2v) is 11.4. The zero-order chi connectivity index (χ0) is 21.9. The summed E-state index contributed by atoms with van der Waals surface area (Å²) in [5.41, 5.74) is -0.261. The van der Waals surface area contributed by atoms with Crippen molar-refractivity contribution in [1.29, 1.82) is 0 Å². The van der Waals surface area contributed by atoms with Gasteiger partial charge in [0.05, 0.1) is 6.04 Å². The minimum Gasteiger partial charge on any atom is -0.344 e. The molecular weight excluding hydrogens is 415 g/mol. The van der Waals surface area contributed by atoms with E-state index in [-0.39, 0.29) is 29.1 Å². The maximum atomic E-state index is 13.2. The Hall–Kier alpha value is -1.14. The summed E-state index contributed by atoms with van der Waals surface area (Å²) in [6.45, 7) is 9.32. The van der Waals surface area contributed by atoms with Crippen molar-refractivity contribution in [3.8, 4) is 0 Å². The summed E-state index contributed by atoms with van der Waals surface area (Å²) in [6.07, 6.45) is 2.43. The molecule has 0 radical (unpaired) electrons. The lowest BCUT2D eigenvalue weighted by Crippen LogP contribution is -2.55. The van der Waals surface area contributed by atoms with Crippen LogP contribution in [-0.4, -0.2) is 51.2 Å². The van der Waals surface area contributed by atoms with Crippen molar-refractivity contribution in [2.75, 3.05) is 6.54 Å². The average Bonchev–Trinajstić information content (AvgIpc) is 3.45. The SMILES string of the molecule is CC(=O)C(=O)[C@H](CC1CC1)NC(=O)[C@@H]1[C@@H]2[C@H](CN1C(=O)[C@@H](C)C(C)(C)C)C2(Cl)Cl. The van der Waals surface area contributed by atoms with Gasteiger partial charge in [0.15, 0.2) is 5.78 Å². The summed E-state index contributed by atoms with van der Waals surface area (Å²) in [5, 5.41) is 2.75. The van der Waals surface area contributed by atoms with Crippen LogP contribution in [0.5, 0.6) is 0 Å². The van der Waals surface area contributed by atoms with Gasteiger partial charge < -0.3 is 10.2 Å². The van der Waals surface area contributed by atoms with Crippen LogP contribution in [0.25, 0.3) is 0 Å². The zero-order valence-corrected chi connectivity index (χ0v) is 19.1. The number of piperidine rings is 1. The van der Waals surface area contributed by atoms with Crippen LogP contribution in [0, 0.1) is 29.1 Å². The van der Waals surface area contributed by atoms with E-state index in [1.165, 1.54) is 6.92 Å². The van der Waals surface area contributed by atoms with Gasteiger partial charge in [0, 0.05) is 31.2 Å². The van der Waals surface area contributed by atoms with Crippen LogP contribution < -0.4 is 5.32 Å². The molecule has 0 aromatic rings. The first kappa shape index (κ1) is 22.5. The van der Waals surface area contributed by atoms with Gasteiger partial charge in [0.2, 0.25) is 17.6 Å². The molecule has 2 saturated carbocycles. The molecule has 2 aliphatic carbocycles. The number of hydrogen-bond acceptors (Lipinski definition) is 4. The number of fused-ring (bicyclic) bond motifs is 1. The van der Waals surface area contributed by atoms with Crippen molar-refractivity contribution in [1.82, 2.24) is 10.2 Å². The van der Waals surface area contributed by atoms with Gasteiger partial charge in [-0.1, -0.05) is 40.5 Å². The van der Waals surface area contributed by atoms with E-state index < -0.39 is 33.9 Å². The molecule has 1 N–H and O–H groups in total. The molecule has 162 valence electrons. The lowest BCUT2D eigenvalue weighted by Gasteiger charge is -2.35. The molecule has 5 atom stereocenters. The number of nitrogens with zero attached hydrogens (tertiary/aromatic N) is 1. The molecule has 3 rings (SSSR count). The number of rotatable bonds is 7. The fourth-order valence-corrected chi connectivity index (χ4v) is 5.00. The molecule has 29 heavy (non-hydrogen) atoms. The maximum Gasteiger partial charge on any atom is 0.243 e. The van der Waals surface area contributed by atoms with Gasteiger partial charge in [0.25, 0.3) is 0 Å². The first-order valence-electron chi connectivity index (χ1n) is 10.3. The van der Waals surface area contributed by atoms with Gasteiger partial charge in [0.1, 0.15) is 10.4 Å². The Morgan fingerprint density at radius 1 is 1.17 bits per heavy atom. The highest BCUT2D eigenvalue weighted by atomic mass is 35.5. The lowest BCUT2D eigenvalue weighted by atomic mass is 9.81. The van der Waals surface area contributed by atoms with Crippen molar-refractivity contribution in [2.24, 2.45) is 29.1 Å². The molecule has 3 fully saturated rings. The van der Waals surface area contributed by atoms with Crippen LogP contribution in [0.3, 0.4) is 0 Å². The number of amides is 2. The summed E-state index contributed by atoms with van der Waals surface area (Å²) < 4.78 is -1.04. The molecule has 3 aliphatic rings. The first-order chi connectivity index (χ1) is 13.3. The van der Waals surface area contributed by atoms with Gasteiger partial charge in [-0.25, -0.2) is 0 Å². The number of halogens is 2. The van der Waals surface area contributed by atoms with Crippen molar-refractivity contribution in [3.63, 3.8) is 0 Å². The van der Waals surface area contributed by atoms with Crippen LogP contribution in [0.4, 0.5) is 0 Å². The average molecular weight is 445 g/mol. The highest BCUT2D eigenvalue weighted by Gasteiger charge is 2.74. The fraction of sp³-hybridized carbons (Fsp3) is 0.810. The third-order valence-electron chi connectivity index (χ3n) is 6.80. The Morgan fingerprint density at radius 3 is 2.24 bits per heavy atom.